The number of nitrogens with two attached hydrogens (primary N) is 2. The monoisotopic (exact) mass is 712 g/mol. The van der Waals surface area contributed by atoms with Crippen molar-refractivity contribution in [3.8, 4) is 0 Å². The first-order valence-corrected chi connectivity index (χ1v) is 17.4. The number of rotatable bonds is 17. The number of amides is 7. The fraction of sp³-hybridized carbons (Fsp3) is 0.588. The number of likely N-dealkylation sites (tertiary alicyclic amines) is 2. The standard InChI is InChI=1S/C34H48N8O9/c35-27(43)14-12-22(38-29(45)21-9-4-16-37-21)30(46)39-23(13-15-28(36)44)32(48)41-17-5-10-25(41)31(47)40-24(19-20-7-2-1-3-8-20)33(49)42-18-6-11-26(42)34(50)51/h1-3,7-8,21-26,37H,4-6,9-19H2,(H2,35,43)(H2,36,44)(H,38,45)(H,39,46)(H,40,47)(H,50,51)/t21-,22-,23-,24-,25-,26-/m0/s1. The molecule has 0 aromatic heterocycles. The number of nitrogens with zero attached hydrogens (tertiary/aromatic N) is 2. The van der Waals surface area contributed by atoms with Gasteiger partial charge in [-0.2, -0.15) is 0 Å². The normalized spacial score (nSPS) is 21.7. The summed E-state index contributed by atoms with van der Waals surface area (Å²) in [7, 11) is 0. The first kappa shape index (κ1) is 38.7. The molecule has 0 spiro atoms. The molecule has 3 fully saturated rings. The van der Waals surface area contributed by atoms with Crippen LogP contribution in [-0.2, 0) is 44.8 Å². The number of benzene rings is 1. The third kappa shape index (κ3) is 10.7. The van der Waals surface area contributed by atoms with Crippen molar-refractivity contribution < 1.29 is 43.5 Å². The molecule has 3 aliphatic heterocycles. The Morgan fingerprint density at radius 3 is 1.88 bits per heavy atom. The predicted molar refractivity (Wildman–Crippen MR) is 181 cm³/mol. The van der Waals surface area contributed by atoms with Crippen molar-refractivity contribution in [1.82, 2.24) is 31.1 Å². The number of nitrogens with one attached hydrogen (secondary N) is 4. The molecular weight excluding hydrogens is 664 g/mol. The number of primary amides is 2. The minimum absolute atomic E-state index is 0.0843. The van der Waals surface area contributed by atoms with Crippen LogP contribution in [0.2, 0.25) is 0 Å². The molecule has 4 rings (SSSR count). The minimum Gasteiger partial charge on any atom is -0.480 e. The molecule has 0 radical (unpaired) electrons. The Kier molecular flexibility index (Phi) is 13.9. The van der Waals surface area contributed by atoms with Gasteiger partial charge in [-0.15, -0.1) is 0 Å². The molecule has 1 aromatic rings. The highest BCUT2D eigenvalue weighted by molar-refractivity contribution is 5.97. The van der Waals surface area contributed by atoms with Gasteiger partial charge in [0.25, 0.3) is 0 Å². The smallest absolute Gasteiger partial charge is 0.326 e. The first-order chi connectivity index (χ1) is 24.3. The molecule has 1 aromatic carbocycles. The molecule has 0 aliphatic carbocycles. The van der Waals surface area contributed by atoms with Gasteiger partial charge in [-0.1, -0.05) is 30.3 Å². The van der Waals surface area contributed by atoms with E-state index in [1.165, 1.54) is 9.80 Å². The lowest BCUT2D eigenvalue weighted by Gasteiger charge is -2.32. The molecule has 7 amide bonds. The van der Waals surface area contributed by atoms with Crippen LogP contribution in [0.25, 0.3) is 0 Å². The van der Waals surface area contributed by atoms with E-state index in [0.29, 0.717) is 32.2 Å². The Bertz CT molecular complexity index is 1470. The summed E-state index contributed by atoms with van der Waals surface area (Å²) >= 11 is 0. The zero-order chi connectivity index (χ0) is 37.1. The van der Waals surface area contributed by atoms with Crippen molar-refractivity contribution in [2.24, 2.45) is 11.5 Å². The fourth-order valence-corrected chi connectivity index (χ4v) is 6.86. The summed E-state index contributed by atoms with van der Waals surface area (Å²) in [5.74, 6) is -5.62. The summed E-state index contributed by atoms with van der Waals surface area (Å²) in [6, 6.07) is 2.69. The van der Waals surface area contributed by atoms with Crippen molar-refractivity contribution in [3.05, 3.63) is 35.9 Å². The second kappa shape index (κ2) is 18.3. The Hall–Kier alpha value is -5.06. The number of carbonyl (C=O) groups excluding carboxylic acids is 7. The summed E-state index contributed by atoms with van der Waals surface area (Å²) in [6.45, 7) is 0.997. The highest BCUT2D eigenvalue weighted by Gasteiger charge is 2.42. The Balaban J connectivity index is 1.51. The van der Waals surface area contributed by atoms with E-state index in [1.54, 1.807) is 30.3 Å². The maximum absolute atomic E-state index is 14.0. The lowest BCUT2D eigenvalue weighted by atomic mass is 10.0. The Morgan fingerprint density at radius 2 is 1.29 bits per heavy atom. The summed E-state index contributed by atoms with van der Waals surface area (Å²) in [4.78, 5) is 106. The van der Waals surface area contributed by atoms with Gasteiger partial charge in [0.15, 0.2) is 0 Å². The molecule has 6 atom stereocenters. The van der Waals surface area contributed by atoms with Crippen molar-refractivity contribution in [1.29, 1.82) is 0 Å². The van der Waals surface area contributed by atoms with Gasteiger partial charge in [0.2, 0.25) is 41.4 Å². The molecule has 9 N–H and O–H groups in total. The second-order valence-corrected chi connectivity index (χ2v) is 13.2. The van der Waals surface area contributed by atoms with Gasteiger partial charge in [0, 0.05) is 32.4 Å². The Morgan fingerprint density at radius 1 is 0.725 bits per heavy atom. The highest BCUT2D eigenvalue weighted by Crippen LogP contribution is 2.23. The lowest BCUT2D eigenvalue weighted by Crippen LogP contribution is -2.59. The SMILES string of the molecule is NC(=O)CC[C@H](NC(=O)[C@@H]1CCCN1)C(=O)N[C@@H](CCC(N)=O)C(=O)N1CCC[C@H]1C(=O)N[C@@H](Cc1ccccc1)C(=O)N1CCC[C@H]1C(=O)O. The van der Waals surface area contributed by atoms with Gasteiger partial charge >= 0.3 is 5.97 Å². The first-order valence-electron chi connectivity index (χ1n) is 17.4. The number of carboxylic acids is 1. The topological polar surface area (TPSA) is 263 Å². The number of carbonyl (C=O) groups is 8. The average molecular weight is 713 g/mol. The number of aliphatic carboxylic acids is 1. The Labute approximate surface area is 295 Å². The second-order valence-electron chi connectivity index (χ2n) is 13.2. The maximum atomic E-state index is 14.0. The van der Waals surface area contributed by atoms with Crippen molar-refractivity contribution in [2.45, 2.75) is 107 Å². The van der Waals surface area contributed by atoms with Crippen LogP contribution in [0.1, 0.15) is 69.8 Å². The fourth-order valence-electron chi connectivity index (χ4n) is 6.86. The molecule has 0 saturated carbocycles. The molecule has 278 valence electrons. The van der Waals surface area contributed by atoms with Crippen molar-refractivity contribution in [3.63, 3.8) is 0 Å². The molecule has 0 bridgehead atoms. The molecular formula is C34H48N8O9. The van der Waals surface area contributed by atoms with Gasteiger partial charge in [0.1, 0.15) is 30.2 Å². The van der Waals surface area contributed by atoms with Crippen LogP contribution in [0.5, 0.6) is 0 Å². The van der Waals surface area contributed by atoms with E-state index in [0.717, 1.165) is 12.0 Å². The van der Waals surface area contributed by atoms with Gasteiger partial charge in [-0.3, -0.25) is 33.6 Å². The van der Waals surface area contributed by atoms with Gasteiger partial charge in [-0.05, 0) is 63.5 Å². The van der Waals surface area contributed by atoms with E-state index in [1.807, 2.05) is 0 Å². The lowest BCUT2D eigenvalue weighted by molar-refractivity contribution is -0.149. The van der Waals surface area contributed by atoms with Crippen LogP contribution in [0.15, 0.2) is 30.3 Å². The third-order valence-corrected chi connectivity index (χ3v) is 9.54. The summed E-state index contributed by atoms with van der Waals surface area (Å²) < 4.78 is 0. The maximum Gasteiger partial charge on any atom is 0.326 e. The number of hydrogen-bond donors (Lipinski definition) is 7. The molecule has 17 nitrogen and oxygen atoms in total. The van der Waals surface area contributed by atoms with E-state index < -0.39 is 83.6 Å². The van der Waals surface area contributed by atoms with Gasteiger partial charge in [-0.25, -0.2) is 4.79 Å². The van der Waals surface area contributed by atoms with E-state index in [-0.39, 0.29) is 51.6 Å². The van der Waals surface area contributed by atoms with Crippen LogP contribution in [-0.4, -0.2) is 118 Å². The predicted octanol–water partition coefficient (Wildman–Crippen LogP) is -1.97. The summed E-state index contributed by atoms with van der Waals surface area (Å²) in [5.41, 5.74) is 11.4. The third-order valence-electron chi connectivity index (χ3n) is 9.54. The zero-order valence-electron chi connectivity index (χ0n) is 28.5. The van der Waals surface area contributed by atoms with E-state index >= 15 is 0 Å². The summed E-state index contributed by atoms with van der Waals surface area (Å²) in [5, 5.41) is 20.7. The number of hydrogen-bond acceptors (Lipinski definition) is 9. The molecule has 17 heteroatoms. The molecule has 3 heterocycles. The summed E-state index contributed by atoms with van der Waals surface area (Å²) in [6.07, 6.45) is 2.04. The van der Waals surface area contributed by atoms with Gasteiger partial charge in [0.05, 0.1) is 6.04 Å². The van der Waals surface area contributed by atoms with Crippen LogP contribution >= 0.6 is 0 Å². The highest BCUT2D eigenvalue weighted by atomic mass is 16.4. The molecule has 3 aliphatic rings. The zero-order valence-corrected chi connectivity index (χ0v) is 28.5. The molecule has 0 unspecified atom stereocenters. The van der Waals surface area contributed by atoms with E-state index in [9.17, 15) is 43.5 Å². The van der Waals surface area contributed by atoms with Gasteiger partial charge < -0.3 is 47.6 Å². The van der Waals surface area contributed by atoms with Crippen LogP contribution < -0.4 is 32.7 Å². The van der Waals surface area contributed by atoms with E-state index in [4.69, 9.17) is 11.5 Å². The van der Waals surface area contributed by atoms with Crippen LogP contribution in [0.4, 0.5) is 0 Å². The van der Waals surface area contributed by atoms with Crippen molar-refractivity contribution in [2.75, 3.05) is 19.6 Å². The molecule has 3 saturated heterocycles. The number of carboxylic acid groups (broad SMARTS) is 1. The minimum atomic E-state index is -1.32. The average Bonchev–Trinajstić information content (AvgIpc) is 3.90. The quantitative estimate of drug-likeness (QED) is 0.0937. The van der Waals surface area contributed by atoms with Crippen LogP contribution in [0, 0.1) is 0 Å². The van der Waals surface area contributed by atoms with E-state index in [2.05, 4.69) is 21.3 Å². The van der Waals surface area contributed by atoms with Crippen LogP contribution in [0.3, 0.4) is 0 Å². The van der Waals surface area contributed by atoms with Crippen molar-refractivity contribution >= 4 is 47.3 Å². The largest absolute Gasteiger partial charge is 0.480 e. The molecule has 51 heavy (non-hydrogen) atoms.